The van der Waals surface area contributed by atoms with Crippen molar-refractivity contribution in [2.45, 2.75) is 43.7 Å². The topological polar surface area (TPSA) is 90.3 Å². The van der Waals surface area contributed by atoms with Crippen molar-refractivity contribution in [1.82, 2.24) is 25.3 Å². The first-order valence-corrected chi connectivity index (χ1v) is 8.16. The third-order valence-corrected chi connectivity index (χ3v) is 4.58. The lowest BCUT2D eigenvalue weighted by atomic mass is 9.92. The van der Waals surface area contributed by atoms with Crippen molar-refractivity contribution in [3.8, 4) is 6.07 Å². The van der Waals surface area contributed by atoms with E-state index in [1.165, 1.54) is 6.33 Å². The molecule has 0 aliphatic rings. The van der Waals surface area contributed by atoms with Crippen LogP contribution in [0.15, 0.2) is 17.7 Å². The minimum atomic E-state index is -0.399. The van der Waals surface area contributed by atoms with Crippen LogP contribution in [0.4, 0.5) is 0 Å². The molecule has 6 nitrogen and oxygen atoms in total. The van der Waals surface area contributed by atoms with Crippen LogP contribution in [0.2, 0.25) is 0 Å². The first-order chi connectivity index (χ1) is 10.2. The molecule has 0 aliphatic carbocycles. The van der Waals surface area contributed by atoms with Crippen molar-refractivity contribution in [2.24, 2.45) is 0 Å². The summed E-state index contributed by atoms with van der Waals surface area (Å²) >= 11 is 1.67. The second-order valence-electron chi connectivity index (χ2n) is 4.81. The van der Waals surface area contributed by atoms with E-state index in [4.69, 9.17) is 0 Å². The van der Waals surface area contributed by atoms with Gasteiger partial charge in [-0.2, -0.15) is 5.26 Å². The molecule has 0 fully saturated rings. The highest BCUT2D eigenvalue weighted by molar-refractivity contribution is 7.99. The SMILES string of the molecule is CCNC(C#N)(CC)CCCSc1ncnc2nc[nH]c12. The number of hydrogen-bond donors (Lipinski definition) is 2. The lowest BCUT2D eigenvalue weighted by Gasteiger charge is -2.25. The average Bonchev–Trinajstić information content (AvgIpc) is 2.99. The van der Waals surface area contributed by atoms with Crippen LogP contribution in [0, 0.1) is 11.3 Å². The van der Waals surface area contributed by atoms with Crippen LogP contribution in [0.25, 0.3) is 11.2 Å². The Morgan fingerprint density at radius 3 is 2.95 bits per heavy atom. The summed E-state index contributed by atoms with van der Waals surface area (Å²) in [6, 6.07) is 2.43. The Balaban J connectivity index is 1.90. The van der Waals surface area contributed by atoms with E-state index >= 15 is 0 Å². The molecule has 2 aromatic heterocycles. The van der Waals surface area contributed by atoms with Crippen molar-refractivity contribution in [3.63, 3.8) is 0 Å². The minimum absolute atomic E-state index is 0.399. The van der Waals surface area contributed by atoms with E-state index in [-0.39, 0.29) is 0 Å². The molecule has 2 rings (SSSR count). The number of H-pyrrole nitrogens is 1. The summed E-state index contributed by atoms with van der Waals surface area (Å²) in [7, 11) is 0. The van der Waals surface area contributed by atoms with Crippen molar-refractivity contribution in [2.75, 3.05) is 12.3 Å². The van der Waals surface area contributed by atoms with E-state index in [9.17, 15) is 5.26 Å². The highest BCUT2D eigenvalue weighted by atomic mass is 32.2. The molecule has 1 atom stereocenters. The third-order valence-electron chi connectivity index (χ3n) is 3.51. The fraction of sp³-hybridized carbons (Fsp3) is 0.571. The number of nitrogens with zero attached hydrogens (tertiary/aromatic N) is 4. The predicted octanol–water partition coefficient (Wildman–Crippen LogP) is 2.51. The van der Waals surface area contributed by atoms with E-state index in [0.29, 0.717) is 5.65 Å². The normalized spacial score (nSPS) is 14.0. The Kier molecular flexibility index (Phi) is 5.53. The van der Waals surface area contributed by atoms with E-state index in [1.807, 2.05) is 6.92 Å². The zero-order valence-corrected chi connectivity index (χ0v) is 13.2. The molecular weight excluding hydrogens is 284 g/mol. The second kappa shape index (κ2) is 7.38. The fourth-order valence-electron chi connectivity index (χ4n) is 2.30. The number of imidazole rings is 1. The Morgan fingerprint density at radius 1 is 1.38 bits per heavy atom. The highest BCUT2D eigenvalue weighted by Crippen LogP contribution is 2.25. The average molecular weight is 304 g/mol. The maximum Gasteiger partial charge on any atom is 0.181 e. The number of aromatic nitrogens is 4. The molecule has 0 aromatic carbocycles. The van der Waals surface area contributed by atoms with Gasteiger partial charge in [0.2, 0.25) is 0 Å². The smallest absolute Gasteiger partial charge is 0.181 e. The van der Waals surface area contributed by atoms with Crippen molar-refractivity contribution >= 4 is 22.9 Å². The molecule has 0 saturated carbocycles. The van der Waals surface area contributed by atoms with Gasteiger partial charge in [0.05, 0.1) is 12.4 Å². The molecular formula is C14H20N6S. The molecule has 0 spiro atoms. The molecule has 112 valence electrons. The summed E-state index contributed by atoms with van der Waals surface area (Å²) < 4.78 is 0. The zero-order valence-electron chi connectivity index (χ0n) is 12.4. The molecule has 2 N–H and O–H groups in total. The molecule has 1 unspecified atom stereocenters. The highest BCUT2D eigenvalue weighted by Gasteiger charge is 2.25. The van der Waals surface area contributed by atoms with Gasteiger partial charge in [-0.15, -0.1) is 11.8 Å². The molecule has 0 radical (unpaired) electrons. The number of hydrogen-bond acceptors (Lipinski definition) is 6. The molecule has 21 heavy (non-hydrogen) atoms. The number of fused-ring (bicyclic) bond motifs is 1. The third kappa shape index (κ3) is 3.71. The largest absolute Gasteiger partial charge is 0.341 e. The van der Waals surface area contributed by atoms with Gasteiger partial charge >= 0.3 is 0 Å². The zero-order chi connectivity index (χ0) is 15.1. The molecule has 2 heterocycles. The van der Waals surface area contributed by atoms with Gasteiger partial charge in [-0.1, -0.05) is 13.8 Å². The Hall–Kier alpha value is -1.65. The molecule has 0 aliphatic heterocycles. The van der Waals surface area contributed by atoms with Gasteiger partial charge < -0.3 is 4.98 Å². The maximum atomic E-state index is 9.38. The van der Waals surface area contributed by atoms with E-state index in [2.05, 4.69) is 38.2 Å². The number of thioether (sulfide) groups is 1. The maximum absolute atomic E-state index is 9.38. The second-order valence-corrected chi connectivity index (χ2v) is 5.89. The summed E-state index contributed by atoms with van der Waals surface area (Å²) in [4.78, 5) is 15.6. The minimum Gasteiger partial charge on any atom is -0.341 e. The quantitative estimate of drug-likeness (QED) is 0.442. The Labute approximate surface area is 128 Å². The predicted molar refractivity (Wildman–Crippen MR) is 84.0 cm³/mol. The summed E-state index contributed by atoms with van der Waals surface area (Å²) in [6.45, 7) is 4.90. The van der Waals surface area contributed by atoms with Gasteiger partial charge in [0.1, 0.15) is 22.4 Å². The Bertz CT molecular complexity index is 619. The van der Waals surface area contributed by atoms with Crippen molar-refractivity contribution in [1.29, 1.82) is 5.26 Å². The standard InChI is InChI=1S/C14H20N6S/c1-3-14(8-15,20-4-2)6-5-7-21-13-11-12(17-9-16-11)18-10-19-13/h9-10,20H,3-7H2,1-2H3,(H,16,17,18,19). The number of rotatable bonds is 8. The van der Waals surface area contributed by atoms with Crippen LogP contribution in [0.5, 0.6) is 0 Å². The van der Waals surface area contributed by atoms with Gasteiger partial charge in [0, 0.05) is 0 Å². The first kappa shape index (κ1) is 15.7. The Morgan fingerprint density at radius 2 is 2.24 bits per heavy atom. The van der Waals surface area contributed by atoms with E-state index in [0.717, 1.165) is 42.1 Å². The van der Waals surface area contributed by atoms with Crippen LogP contribution in [0.1, 0.15) is 33.1 Å². The fourth-order valence-corrected chi connectivity index (χ4v) is 3.20. The van der Waals surface area contributed by atoms with Gasteiger partial charge in [-0.05, 0) is 31.6 Å². The van der Waals surface area contributed by atoms with Crippen molar-refractivity contribution in [3.05, 3.63) is 12.7 Å². The number of aromatic amines is 1. The van der Waals surface area contributed by atoms with Crippen LogP contribution in [0.3, 0.4) is 0 Å². The first-order valence-electron chi connectivity index (χ1n) is 7.18. The van der Waals surface area contributed by atoms with E-state index < -0.39 is 5.54 Å². The van der Waals surface area contributed by atoms with Crippen LogP contribution < -0.4 is 5.32 Å². The van der Waals surface area contributed by atoms with Crippen LogP contribution in [-0.4, -0.2) is 37.8 Å². The van der Waals surface area contributed by atoms with Crippen molar-refractivity contribution < 1.29 is 0 Å². The summed E-state index contributed by atoms with van der Waals surface area (Å²) in [5.41, 5.74) is 1.18. The molecule has 0 bridgehead atoms. The number of nitrogens with one attached hydrogen (secondary N) is 2. The monoisotopic (exact) mass is 304 g/mol. The summed E-state index contributed by atoms with van der Waals surface area (Å²) in [6.07, 6.45) is 5.79. The summed E-state index contributed by atoms with van der Waals surface area (Å²) in [5.74, 6) is 0.917. The van der Waals surface area contributed by atoms with Gasteiger partial charge in [-0.3, -0.25) is 5.32 Å². The lowest BCUT2D eigenvalue weighted by Crippen LogP contribution is -2.43. The van der Waals surface area contributed by atoms with Crippen LogP contribution in [-0.2, 0) is 0 Å². The van der Waals surface area contributed by atoms with Gasteiger partial charge in [0.25, 0.3) is 0 Å². The molecule has 7 heteroatoms. The van der Waals surface area contributed by atoms with Gasteiger partial charge in [0.15, 0.2) is 5.65 Å². The van der Waals surface area contributed by atoms with Crippen LogP contribution >= 0.6 is 11.8 Å². The van der Waals surface area contributed by atoms with Gasteiger partial charge in [-0.25, -0.2) is 15.0 Å². The summed E-state index contributed by atoms with van der Waals surface area (Å²) in [5, 5.41) is 13.6. The molecule has 0 saturated heterocycles. The lowest BCUT2D eigenvalue weighted by molar-refractivity contribution is 0.379. The molecule has 2 aromatic rings. The van der Waals surface area contributed by atoms with E-state index in [1.54, 1.807) is 18.1 Å². The number of nitriles is 1. The molecule has 0 amide bonds.